The maximum absolute atomic E-state index is 5.38. The highest BCUT2D eigenvalue weighted by molar-refractivity contribution is 6.15. The molecule has 0 bridgehead atoms. The molecule has 4 rings (SSSR count). The second-order valence-corrected chi connectivity index (χ2v) is 6.13. The zero-order chi connectivity index (χ0) is 16.2. The predicted octanol–water partition coefficient (Wildman–Crippen LogP) is 2.18. The number of morpholine rings is 1. The molecule has 2 aliphatic rings. The average Bonchev–Trinajstić information content (AvgIpc) is 3.07. The number of nitrogens with one attached hydrogen (secondary N) is 1. The SMILES string of the molecule is c1ccc2c(c1)CN=C2c1ccnc(NCCN2CCOCC2)c1. The molecule has 0 atom stereocenters. The van der Waals surface area contributed by atoms with E-state index in [0.29, 0.717) is 0 Å². The Morgan fingerprint density at radius 1 is 1.12 bits per heavy atom. The van der Waals surface area contributed by atoms with Gasteiger partial charge >= 0.3 is 0 Å². The molecule has 1 fully saturated rings. The largest absolute Gasteiger partial charge is 0.379 e. The van der Waals surface area contributed by atoms with Crippen molar-refractivity contribution >= 4 is 11.5 Å². The quantitative estimate of drug-likeness (QED) is 0.917. The van der Waals surface area contributed by atoms with Gasteiger partial charge in [0.2, 0.25) is 0 Å². The molecular weight excluding hydrogens is 300 g/mol. The fourth-order valence-electron chi connectivity index (χ4n) is 3.23. The van der Waals surface area contributed by atoms with Gasteiger partial charge in [-0.15, -0.1) is 0 Å². The molecule has 2 aliphatic heterocycles. The molecule has 0 saturated carbocycles. The number of ether oxygens (including phenoxy) is 1. The maximum atomic E-state index is 5.38. The standard InChI is InChI=1S/C19H22N4O/c1-2-4-17-16(3-1)14-22-19(17)15-5-6-20-18(13-15)21-7-8-23-9-11-24-12-10-23/h1-6,13H,7-12,14H2,(H,20,21). The zero-order valence-electron chi connectivity index (χ0n) is 13.7. The number of benzene rings is 1. The molecule has 0 amide bonds. The third-order valence-electron chi connectivity index (χ3n) is 4.55. The summed E-state index contributed by atoms with van der Waals surface area (Å²) in [5, 5.41) is 3.43. The van der Waals surface area contributed by atoms with Gasteiger partial charge in [0, 0.05) is 43.5 Å². The molecule has 0 spiro atoms. The summed E-state index contributed by atoms with van der Waals surface area (Å²) in [6.45, 7) is 6.39. The Balaban J connectivity index is 1.41. The summed E-state index contributed by atoms with van der Waals surface area (Å²) in [5.41, 5.74) is 4.74. The number of rotatable bonds is 5. The molecule has 0 radical (unpaired) electrons. The minimum atomic E-state index is 0.771. The van der Waals surface area contributed by atoms with E-state index < -0.39 is 0 Å². The lowest BCUT2D eigenvalue weighted by atomic mass is 10.0. The molecule has 1 aromatic carbocycles. The van der Waals surface area contributed by atoms with Crippen LogP contribution < -0.4 is 5.32 Å². The minimum absolute atomic E-state index is 0.771. The van der Waals surface area contributed by atoms with Crippen molar-refractivity contribution in [2.45, 2.75) is 6.54 Å². The van der Waals surface area contributed by atoms with E-state index in [4.69, 9.17) is 9.73 Å². The lowest BCUT2D eigenvalue weighted by Gasteiger charge is -2.26. The van der Waals surface area contributed by atoms with Crippen molar-refractivity contribution in [3.63, 3.8) is 0 Å². The van der Waals surface area contributed by atoms with Gasteiger partial charge in [-0.3, -0.25) is 9.89 Å². The fraction of sp³-hybridized carbons (Fsp3) is 0.368. The van der Waals surface area contributed by atoms with Crippen molar-refractivity contribution in [2.24, 2.45) is 4.99 Å². The molecule has 1 aromatic heterocycles. The smallest absolute Gasteiger partial charge is 0.126 e. The topological polar surface area (TPSA) is 49.8 Å². The summed E-state index contributed by atoms with van der Waals surface area (Å²) in [6, 6.07) is 12.6. The van der Waals surface area contributed by atoms with Crippen LogP contribution >= 0.6 is 0 Å². The van der Waals surface area contributed by atoms with E-state index >= 15 is 0 Å². The first kappa shape index (κ1) is 15.3. The molecular formula is C19H22N4O. The highest BCUT2D eigenvalue weighted by atomic mass is 16.5. The molecule has 1 saturated heterocycles. The van der Waals surface area contributed by atoms with Crippen molar-refractivity contribution in [1.82, 2.24) is 9.88 Å². The van der Waals surface area contributed by atoms with Gasteiger partial charge in [0.1, 0.15) is 5.82 Å². The van der Waals surface area contributed by atoms with E-state index in [9.17, 15) is 0 Å². The Morgan fingerprint density at radius 3 is 2.92 bits per heavy atom. The van der Waals surface area contributed by atoms with Gasteiger partial charge < -0.3 is 10.1 Å². The highest BCUT2D eigenvalue weighted by Crippen LogP contribution is 2.23. The molecule has 2 aromatic rings. The van der Waals surface area contributed by atoms with E-state index in [1.807, 2.05) is 12.3 Å². The molecule has 0 aliphatic carbocycles. The van der Waals surface area contributed by atoms with Gasteiger partial charge in [0.15, 0.2) is 0 Å². The van der Waals surface area contributed by atoms with Gasteiger partial charge in [-0.1, -0.05) is 24.3 Å². The number of anilines is 1. The van der Waals surface area contributed by atoms with E-state index in [2.05, 4.69) is 45.5 Å². The van der Waals surface area contributed by atoms with Crippen LogP contribution in [-0.4, -0.2) is 55.0 Å². The number of fused-ring (bicyclic) bond motifs is 1. The molecule has 5 nitrogen and oxygen atoms in total. The summed E-state index contributed by atoms with van der Waals surface area (Å²) in [7, 11) is 0. The first-order valence-corrected chi connectivity index (χ1v) is 8.53. The molecule has 124 valence electrons. The van der Waals surface area contributed by atoms with Crippen molar-refractivity contribution in [1.29, 1.82) is 0 Å². The van der Waals surface area contributed by atoms with Crippen LogP contribution in [0.1, 0.15) is 16.7 Å². The number of pyridine rings is 1. The molecule has 1 N–H and O–H groups in total. The Labute approximate surface area is 142 Å². The van der Waals surface area contributed by atoms with Crippen LogP contribution in [0.4, 0.5) is 5.82 Å². The van der Waals surface area contributed by atoms with E-state index in [1.54, 1.807) is 0 Å². The number of aromatic nitrogens is 1. The molecule has 3 heterocycles. The van der Waals surface area contributed by atoms with Crippen LogP contribution in [0.25, 0.3) is 0 Å². The number of aliphatic imine (C=N–C) groups is 1. The molecule has 0 unspecified atom stereocenters. The Bertz CT molecular complexity index is 738. The van der Waals surface area contributed by atoms with Crippen LogP contribution in [-0.2, 0) is 11.3 Å². The monoisotopic (exact) mass is 322 g/mol. The Morgan fingerprint density at radius 2 is 2.00 bits per heavy atom. The molecule has 5 heteroatoms. The van der Waals surface area contributed by atoms with Gasteiger partial charge in [0.05, 0.1) is 25.5 Å². The van der Waals surface area contributed by atoms with E-state index in [1.165, 1.54) is 11.1 Å². The number of hydrogen-bond donors (Lipinski definition) is 1. The Kier molecular flexibility index (Phi) is 4.53. The van der Waals surface area contributed by atoms with Crippen molar-refractivity contribution in [3.8, 4) is 0 Å². The third kappa shape index (κ3) is 3.32. The lowest BCUT2D eigenvalue weighted by molar-refractivity contribution is 0.0398. The maximum Gasteiger partial charge on any atom is 0.126 e. The highest BCUT2D eigenvalue weighted by Gasteiger charge is 2.17. The average molecular weight is 322 g/mol. The zero-order valence-corrected chi connectivity index (χ0v) is 13.7. The fourth-order valence-corrected chi connectivity index (χ4v) is 3.23. The van der Waals surface area contributed by atoms with Crippen LogP contribution in [0.3, 0.4) is 0 Å². The first-order chi connectivity index (χ1) is 11.9. The van der Waals surface area contributed by atoms with E-state index in [0.717, 1.165) is 63.0 Å². The Hall–Kier alpha value is -2.24. The lowest BCUT2D eigenvalue weighted by Crippen LogP contribution is -2.39. The second-order valence-electron chi connectivity index (χ2n) is 6.13. The summed E-state index contributed by atoms with van der Waals surface area (Å²) in [4.78, 5) is 11.6. The van der Waals surface area contributed by atoms with Gasteiger partial charge in [-0.05, 0) is 17.7 Å². The van der Waals surface area contributed by atoms with Crippen molar-refractivity contribution < 1.29 is 4.74 Å². The third-order valence-corrected chi connectivity index (χ3v) is 4.55. The number of nitrogens with zero attached hydrogens (tertiary/aromatic N) is 3. The summed E-state index contributed by atoms with van der Waals surface area (Å²) >= 11 is 0. The first-order valence-electron chi connectivity index (χ1n) is 8.53. The van der Waals surface area contributed by atoms with Crippen LogP contribution in [0.15, 0.2) is 47.6 Å². The summed E-state index contributed by atoms with van der Waals surface area (Å²) in [6.07, 6.45) is 1.86. The van der Waals surface area contributed by atoms with Gasteiger partial charge in [0.25, 0.3) is 0 Å². The molecule has 24 heavy (non-hydrogen) atoms. The van der Waals surface area contributed by atoms with E-state index in [-0.39, 0.29) is 0 Å². The normalized spacial score (nSPS) is 17.4. The van der Waals surface area contributed by atoms with Crippen LogP contribution in [0.5, 0.6) is 0 Å². The number of hydrogen-bond acceptors (Lipinski definition) is 5. The van der Waals surface area contributed by atoms with Crippen LogP contribution in [0, 0.1) is 0 Å². The summed E-state index contributed by atoms with van der Waals surface area (Å²) in [5.74, 6) is 0.910. The minimum Gasteiger partial charge on any atom is -0.379 e. The van der Waals surface area contributed by atoms with Gasteiger partial charge in [-0.2, -0.15) is 0 Å². The van der Waals surface area contributed by atoms with Crippen LogP contribution in [0.2, 0.25) is 0 Å². The van der Waals surface area contributed by atoms with Crippen molar-refractivity contribution in [2.75, 3.05) is 44.7 Å². The predicted molar refractivity (Wildman–Crippen MR) is 95.8 cm³/mol. The van der Waals surface area contributed by atoms with Crippen molar-refractivity contribution in [3.05, 3.63) is 59.3 Å². The van der Waals surface area contributed by atoms with Gasteiger partial charge in [-0.25, -0.2) is 4.98 Å². The summed E-state index contributed by atoms with van der Waals surface area (Å²) < 4.78 is 5.38. The second kappa shape index (κ2) is 7.11.